The van der Waals surface area contributed by atoms with Crippen LogP contribution in [0, 0.1) is 10.8 Å². The minimum Gasteiger partial charge on any atom is -0.463 e. The predicted molar refractivity (Wildman–Crippen MR) is 76.9 cm³/mol. The van der Waals surface area contributed by atoms with Gasteiger partial charge >= 0.3 is 27.3 Å². The summed E-state index contributed by atoms with van der Waals surface area (Å²) in [5.41, 5.74) is -3.40. The molecule has 1 saturated heterocycles. The van der Waals surface area contributed by atoms with Crippen LogP contribution < -0.4 is 0 Å². The van der Waals surface area contributed by atoms with Crippen molar-refractivity contribution in [2.45, 2.75) is 57.1 Å². The van der Waals surface area contributed by atoms with Crippen LogP contribution in [0.1, 0.15) is 40.0 Å². The highest BCUT2D eigenvalue weighted by Gasteiger charge is 2.76. The van der Waals surface area contributed by atoms with Crippen molar-refractivity contribution in [3.63, 3.8) is 0 Å². The summed E-state index contributed by atoms with van der Waals surface area (Å²) in [5.74, 6) is -1.56. The summed E-state index contributed by atoms with van der Waals surface area (Å²) >= 11 is 0. The summed E-state index contributed by atoms with van der Waals surface area (Å²) in [5, 5.41) is -5.01. The Morgan fingerprint density at radius 1 is 1.36 bits per heavy atom. The maximum Gasteiger partial charge on any atom is 0.400 e. The van der Waals surface area contributed by atoms with Gasteiger partial charge in [0.15, 0.2) is 6.17 Å². The normalized spacial score (nSPS) is 32.4. The van der Waals surface area contributed by atoms with Crippen LogP contribution in [-0.4, -0.2) is 48.5 Å². The largest absolute Gasteiger partial charge is 0.463 e. The molecule has 1 N–H and O–H groups in total. The second-order valence-corrected chi connectivity index (χ2v) is 8.60. The number of hydrogen-bond donors (Lipinski definition) is 1. The fourth-order valence-corrected chi connectivity index (χ4v) is 3.84. The molecule has 0 spiro atoms. The number of esters is 2. The summed E-state index contributed by atoms with van der Waals surface area (Å²) in [4.78, 5) is 24.4. The highest BCUT2D eigenvalue weighted by atomic mass is 32.2. The van der Waals surface area contributed by atoms with Crippen LogP contribution in [-0.2, 0) is 29.2 Å². The Kier molecular flexibility index (Phi) is 4.44. The quantitative estimate of drug-likeness (QED) is 0.547. The smallest absolute Gasteiger partial charge is 0.400 e. The van der Waals surface area contributed by atoms with Crippen LogP contribution in [0.5, 0.6) is 0 Å². The molecule has 1 heterocycles. The van der Waals surface area contributed by atoms with Gasteiger partial charge in [0.25, 0.3) is 0 Å². The van der Waals surface area contributed by atoms with Crippen molar-refractivity contribution < 1.29 is 45.2 Å². The number of carbonyl (C=O) groups is 2. The molecule has 25 heavy (non-hydrogen) atoms. The van der Waals surface area contributed by atoms with Crippen LogP contribution >= 0.6 is 0 Å². The van der Waals surface area contributed by atoms with Crippen molar-refractivity contribution in [2.75, 3.05) is 6.61 Å². The van der Waals surface area contributed by atoms with Gasteiger partial charge in [0.2, 0.25) is 5.60 Å². The molecular formula is C14H19F3O7S. The minimum atomic E-state index is -5.93. The van der Waals surface area contributed by atoms with Crippen molar-refractivity contribution in [3.05, 3.63) is 0 Å². The van der Waals surface area contributed by atoms with Crippen molar-refractivity contribution >= 4 is 22.1 Å². The maximum atomic E-state index is 13.4. The molecule has 0 amide bonds. The first-order valence-electron chi connectivity index (χ1n) is 7.53. The lowest BCUT2D eigenvalue weighted by molar-refractivity contribution is -0.183. The SMILES string of the molecule is CC12CCC(C(=O)OCCC(F)C(F)(F)S(=O)(=O)O)(OC1=O)C2(C)C. The fraction of sp³-hybridized carbons (Fsp3) is 0.857. The Morgan fingerprint density at radius 2 is 1.92 bits per heavy atom. The minimum absolute atomic E-state index is 0.182. The molecule has 11 heteroatoms. The van der Waals surface area contributed by atoms with Gasteiger partial charge in [0, 0.05) is 11.8 Å². The van der Waals surface area contributed by atoms with E-state index in [0.717, 1.165) is 0 Å². The third-order valence-electron chi connectivity index (χ3n) is 5.73. The molecule has 1 aliphatic carbocycles. The van der Waals surface area contributed by atoms with Crippen molar-refractivity contribution in [2.24, 2.45) is 10.8 Å². The number of rotatable bonds is 6. The maximum absolute atomic E-state index is 13.4. The Morgan fingerprint density at radius 3 is 2.32 bits per heavy atom. The molecule has 2 aliphatic rings. The third kappa shape index (κ3) is 2.54. The summed E-state index contributed by atoms with van der Waals surface area (Å²) < 4.78 is 78.8. The molecule has 3 unspecified atom stereocenters. The first kappa shape index (κ1) is 20.0. The van der Waals surface area contributed by atoms with Crippen molar-refractivity contribution in [1.29, 1.82) is 0 Å². The van der Waals surface area contributed by atoms with E-state index in [2.05, 4.69) is 0 Å². The van der Waals surface area contributed by atoms with E-state index in [0.29, 0.717) is 6.42 Å². The second kappa shape index (κ2) is 5.57. The Hall–Kier alpha value is -1.36. The van der Waals surface area contributed by atoms with Crippen LogP contribution in [0.25, 0.3) is 0 Å². The van der Waals surface area contributed by atoms with Gasteiger partial charge in [-0.25, -0.2) is 9.18 Å². The van der Waals surface area contributed by atoms with E-state index in [1.54, 1.807) is 20.8 Å². The van der Waals surface area contributed by atoms with E-state index in [9.17, 15) is 31.2 Å². The molecule has 2 rings (SSSR count). The van der Waals surface area contributed by atoms with E-state index in [4.69, 9.17) is 14.0 Å². The van der Waals surface area contributed by atoms with Crippen LogP contribution in [0.15, 0.2) is 0 Å². The van der Waals surface area contributed by atoms with Gasteiger partial charge in [0.05, 0.1) is 12.0 Å². The summed E-state index contributed by atoms with van der Waals surface area (Å²) in [6.07, 6.45) is -3.86. The molecule has 1 saturated carbocycles. The second-order valence-electron chi connectivity index (χ2n) is 7.10. The highest BCUT2D eigenvalue weighted by Crippen LogP contribution is 2.65. The number of ether oxygens (including phenoxy) is 2. The molecule has 0 aromatic rings. The van der Waals surface area contributed by atoms with Gasteiger partial charge in [-0.15, -0.1) is 0 Å². The van der Waals surface area contributed by atoms with Crippen LogP contribution in [0.4, 0.5) is 13.2 Å². The average Bonchev–Trinajstić information content (AvgIpc) is 2.76. The molecular weight excluding hydrogens is 369 g/mol. The molecule has 2 bridgehead atoms. The Balaban J connectivity index is 2.04. The number of fused-ring (bicyclic) bond motifs is 2. The van der Waals surface area contributed by atoms with Gasteiger partial charge in [-0.1, -0.05) is 13.8 Å². The van der Waals surface area contributed by atoms with E-state index < -0.39 is 62.9 Å². The van der Waals surface area contributed by atoms with E-state index in [-0.39, 0.29) is 6.42 Å². The standard InChI is InChI=1S/C14H19F3O7S/c1-11(2)12(3)5-6-13(11,24-9(12)18)10(19)23-7-4-8(15)14(16,17)25(20,21)22/h8H,4-7H2,1-3H3,(H,20,21,22). The molecule has 0 aromatic carbocycles. The molecule has 7 nitrogen and oxygen atoms in total. The zero-order chi connectivity index (χ0) is 19.5. The molecule has 1 aliphatic heterocycles. The van der Waals surface area contributed by atoms with Crippen molar-refractivity contribution in [3.8, 4) is 0 Å². The van der Waals surface area contributed by atoms with Gasteiger partial charge in [-0.05, 0) is 19.8 Å². The van der Waals surface area contributed by atoms with E-state index in [1.807, 2.05) is 0 Å². The lowest BCUT2D eigenvalue weighted by Crippen LogP contribution is -2.49. The summed E-state index contributed by atoms with van der Waals surface area (Å²) in [6.45, 7) is 4.09. The molecule has 144 valence electrons. The molecule has 2 fully saturated rings. The first-order chi connectivity index (χ1) is 11.1. The van der Waals surface area contributed by atoms with Gasteiger partial charge < -0.3 is 9.47 Å². The highest BCUT2D eigenvalue weighted by molar-refractivity contribution is 7.86. The van der Waals surface area contributed by atoms with Gasteiger partial charge in [-0.2, -0.15) is 17.2 Å². The van der Waals surface area contributed by atoms with E-state index in [1.165, 1.54) is 0 Å². The van der Waals surface area contributed by atoms with Gasteiger partial charge in [-0.3, -0.25) is 9.35 Å². The van der Waals surface area contributed by atoms with Gasteiger partial charge in [0.1, 0.15) is 0 Å². The number of hydrogen-bond acceptors (Lipinski definition) is 6. The summed E-state index contributed by atoms with van der Waals surface area (Å²) in [7, 11) is -5.93. The zero-order valence-electron chi connectivity index (χ0n) is 13.8. The topological polar surface area (TPSA) is 107 Å². The monoisotopic (exact) mass is 388 g/mol. The van der Waals surface area contributed by atoms with E-state index >= 15 is 0 Å². The Labute approximate surface area is 142 Å². The first-order valence-corrected chi connectivity index (χ1v) is 8.97. The molecule has 0 radical (unpaired) electrons. The average molecular weight is 388 g/mol. The number of halogens is 3. The molecule has 0 aromatic heterocycles. The molecule has 3 atom stereocenters. The van der Waals surface area contributed by atoms with Crippen LogP contribution in [0.2, 0.25) is 0 Å². The lowest BCUT2D eigenvalue weighted by atomic mass is 9.66. The zero-order valence-corrected chi connectivity index (χ0v) is 14.7. The lowest BCUT2D eigenvalue weighted by Gasteiger charge is -2.34. The van der Waals surface area contributed by atoms with Crippen LogP contribution in [0.3, 0.4) is 0 Å². The Bertz CT molecular complexity index is 705. The third-order valence-corrected chi connectivity index (χ3v) is 6.67. The summed E-state index contributed by atoms with van der Waals surface area (Å²) in [6, 6.07) is 0. The van der Waals surface area contributed by atoms with Crippen molar-refractivity contribution in [1.82, 2.24) is 0 Å². The fourth-order valence-electron chi connectivity index (χ4n) is 3.40. The number of carbonyl (C=O) groups excluding carboxylic acids is 2. The number of alkyl halides is 3. The predicted octanol–water partition coefficient (Wildman–Crippen LogP) is 1.86.